The first-order valence-electron chi connectivity index (χ1n) is 2.44. The highest BCUT2D eigenvalue weighted by molar-refractivity contribution is 5.36. The van der Waals surface area contributed by atoms with Crippen LogP contribution in [0.5, 0.6) is 0 Å². The van der Waals surface area contributed by atoms with Crippen LogP contribution in [0.4, 0.5) is 11.5 Å². The lowest BCUT2D eigenvalue weighted by Gasteiger charge is -2.02. The molecule has 0 saturated carbocycles. The maximum Gasteiger partial charge on any atom is 0.275 e. The Bertz CT molecular complexity index is 223. The molecule has 48 valence electrons. The average Bonchev–Trinajstić information content (AvgIpc) is 1.80. The number of hydrogen-bond acceptors (Lipinski definition) is 3. The van der Waals surface area contributed by atoms with Crippen molar-refractivity contribution in [3.8, 4) is 0 Å². The van der Waals surface area contributed by atoms with Crippen LogP contribution in [0.2, 0.25) is 0 Å². The van der Waals surface area contributed by atoms with E-state index in [0.717, 1.165) is 0 Å². The van der Waals surface area contributed by atoms with E-state index < -0.39 is 0 Å². The molecule has 0 aliphatic heterocycles. The summed E-state index contributed by atoms with van der Waals surface area (Å²) in [6, 6.07) is 3.03. The van der Waals surface area contributed by atoms with E-state index in [1.807, 2.05) is 0 Å². The maximum atomic E-state index is 10.6. The molecule has 0 atom stereocenters. The van der Waals surface area contributed by atoms with Gasteiger partial charge in [-0.05, 0) is 6.07 Å². The second kappa shape index (κ2) is 1.81. The van der Waals surface area contributed by atoms with E-state index in [0.29, 0.717) is 10.4 Å². The lowest BCUT2D eigenvalue weighted by molar-refractivity contribution is -0.589. The van der Waals surface area contributed by atoms with Crippen molar-refractivity contribution in [2.24, 2.45) is 0 Å². The molecule has 0 spiro atoms. The second-order valence-electron chi connectivity index (χ2n) is 1.71. The quantitative estimate of drug-likeness (QED) is 0.362. The molecule has 1 heterocycles. The molecule has 0 bridgehead atoms. The number of nitrogen functional groups attached to an aromatic ring is 2. The molecule has 0 unspecified atom stereocenters. The molecule has 0 saturated heterocycles. The Labute approximate surface area is 52.3 Å². The molecular formula is C5H7N3O. The number of rotatable bonds is 0. The van der Waals surface area contributed by atoms with Gasteiger partial charge >= 0.3 is 0 Å². The zero-order valence-electron chi connectivity index (χ0n) is 4.74. The van der Waals surface area contributed by atoms with Crippen LogP contribution < -0.4 is 16.2 Å². The lowest BCUT2D eigenvalue weighted by Crippen LogP contribution is -2.29. The fourth-order valence-electron chi connectivity index (χ4n) is 0.508. The minimum atomic E-state index is 0.157. The minimum Gasteiger partial charge on any atom is -0.711 e. The molecule has 4 N–H and O–H groups in total. The van der Waals surface area contributed by atoms with Crippen LogP contribution in [0.25, 0.3) is 0 Å². The van der Waals surface area contributed by atoms with Crippen molar-refractivity contribution in [2.45, 2.75) is 0 Å². The summed E-state index contributed by atoms with van der Waals surface area (Å²) in [6.07, 6.45) is 1.22. The van der Waals surface area contributed by atoms with Crippen molar-refractivity contribution in [3.05, 3.63) is 23.5 Å². The molecule has 1 aromatic heterocycles. The molecule has 0 aromatic carbocycles. The Morgan fingerprint density at radius 3 is 2.44 bits per heavy atom. The van der Waals surface area contributed by atoms with Gasteiger partial charge in [0.15, 0.2) is 0 Å². The molecule has 4 nitrogen and oxygen atoms in total. The van der Waals surface area contributed by atoms with Crippen LogP contribution in [0.15, 0.2) is 18.3 Å². The van der Waals surface area contributed by atoms with Crippen LogP contribution in [-0.4, -0.2) is 0 Å². The topological polar surface area (TPSA) is 79.0 Å². The predicted molar refractivity (Wildman–Crippen MR) is 34.2 cm³/mol. The SMILES string of the molecule is Nc1ccc(N)[n+]([O-])c1. The predicted octanol–water partition coefficient (Wildman–Crippen LogP) is -0.516. The van der Waals surface area contributed by atoms with Gasteiger partial charge in [-0.25, -0.2) is 4.73 Å². The van der Waals surface area contributed by atoms with Gasteiger partial charge < -0.3 is 10.9 Å². The summed E-state index contributed by atoms with van der Waals surface area (Å²) in [6.45, 7) is 0. The summed E-state index contributed by atoms with van der Waals surface area (Å²) in [7, 11) is 0. The smallest absolute Gasteiger partial charge is 0.275 e. The molecule has 0 aliphatic rings. The first-order chi connectivity index (χ1) is 4.20. The molecule has 0 radical (unpaired) electrons. The van der Waals surface area contributed by atoms with Crippen LogP contribution >= 0.6 is 0 Å². The summed E-state index contributed by atoms with van der Waals surface area (Å²) in [4.78, 5) is 0. The van der Waals surface area contributed by atoms with Crippen molar-refractivity contribution in [3.63, 3.8) is 0 Å². The molecule has 9 heavy (non-hydrogen) atoms. The number of pyridine rings is 1. The van der Waals surface area contributed by atoms with E-state index in [-0.39, 0.29) is 5.82 Å². The number of aromatic nitrogens is 1. The third kappa shape index (κ3) is 1.02. The van der Waals surface area contributed by atoms with Crippen molar-refractivity contribution in [2.75, 3.05) is 11.5 Å². The third-order valence-corrected chi connectivity index (χ3v) is 0.967. The summed E-state index contributed by atoms with van der Waals surface area (Å²) < 4.78 is 0.523. The summed E-state index contributed by atoms with van der Waals surface area (Å²) in [5, 5.41) is 10.6. The van der Waals surface area contributed by atoms with Crippen molar-refractivity contribution >= 4 is 11.5 Å². The van der Waals surface area contributed by atoms with Gasteiger partial charge in [0.05, 0.1) is 5.69 Å². The standard InChI is InChI=1S/C5H7N3O/c6-4-1-2-5(7)8(9)3-4/h1-3H,6-7H2. The van der Waals surface area contributed by atoms with E-state index in [1.54, 1.807) is 6.07 Å². The van der Waals surface area contributed by atoms with Crippen molar-refractivity contribution in [1.82, 2.24) is 0 Å². The van der Waals surface area contributed by atoms with Gasteiger partial charge in [-0.15, -0.1) is 0 Å². The van der Waals surface area contributed by atoms with Gasteiger partial charge in [0.25, 0.3) is 5.82 Å². The van der Waals surface area contributed by atoms with E-state index >= 15 is 0 Å². The molecule has 1 rings (SSSR count). The maximum absolute atomic E-state index is 10.6. The number of anilines is 2. The highest BCUT2D eigenvalue weighted by atomic mass is 16.5. The number of hydrogen-bond donors (Lipinski definition) is 2. The Kier molecular flexibility index (Phi) is 1.14. The summed E-state index contributed by atoms with van der Waals surface area (Å²) in [5.74, 6) is 0.157. The van der Waals surface area contributed by atoms with Gasteiger partial charge in [0.2, 0.25) is 0 Å². The molecule has 0 aliphatic carbocycles. The second-order valence-corrected chi connectivity index (χ2v) is 1.71. The summed E-state index contributed by atoms with van der Waals surface area (Å²) in [5.41, 5.74) is 10.9. The van der Waals surface area contributed by atoms with E-state index in [4.69, 9.17) is 11.5 Å². The zero-order valence-corrected chi connectivity index (χ0v) is 4.74. The van der Waals surface area contributed by atoms with Crippen molar-refractivity contribution in [1.29, 1.82) is 0 Å². The molecule has 0 amide bonds. The van der Waals surface area contributed by atoms with E-state index in [1.165, 1.54) is 12.3 Å². The monoisotopic (exact) mass is 125 g/mol. The van der Waals surface area contributed by atoms with E-state index in [9.17, 15) is 5.21 Å². The molecule has 4 heteroatoms. The fraction of sp³-hybridized carbons (Fsp3) is 0. The Morgan fingerprint density at radius 1 is 1.33 bits per heavy atom. The van der Waals surface area contributed by atoms with Crippen LogP contribution in [-0.2, 0) is 0 Å². The van der Waals surface area contributed by atoms with E-state index in [2.05, 4.69) is 0 Å². The zero-order chi connectivity index (χ0) is 6.85. The average molecular weight is 125 g/mol. The molecule has 1 aromatic rings. The van der Waals surface area contributed by atoms with Crippen LogP contribution in [0, 0.1) is 5.21 Å². The number of nitrogens with two attached hydrogens (primary N) is 2. The number of nitrogens with zero attached hydrogens (tertiary/aromatic N) is 1. The summed E-state index contributed by atoms with van der Waals surface area (Å²) >= 11 is 0. The molecule has 0 fully saturated rings. The van der Waals surface area contributed by atoms with Crippen LogP contribution in [0.3, 0.4) is 0 Å². The fourth-order valence-corrected chi connectivity index (χ4v) is 0.508. The normalized spacial score (nSPS) is 9.33. The van der Waals surface area contributed by atoms with Gasteiger partial charge in [0, 0.05) is 6.07 Å². The minimum absolute atomic E-state index is 0.157. The van der Waals surface area contributed by atoms with Crippen LogP contribution in [0.1, 0.15) is 0 Å². The Hall–Kier alpha value is -1.45. The third-order valence-electron chi connectivity index (χ3n) is 0.967. The highest BCUT2D eigenvalue weighted by Crippen LogP contribution is 1.98. The molecular weight excluding hydrogens is 118 g/mol. The highest BCUT2D eigenvalue weighted by Gasteiger charge is 1.93. The van der Waals surface area contributed by atoms with Gasteiger partial charge in [-0.1, -0.05) is 0 Å². The largest absolute Gasteiger partial charge is 0.711 e. The van der Waals surface area contributed by atoms with Gasteiger partial charge in [-0.3, -0.25) is 5.73 Å². The van der Waals surface area contributed by atoms with Crippen molar-refractivity contribution < 1.29 is 4.73 Å². The Balaban J connectivity index is 3.17. The van der Waals surface area contributed by atoms with Gasteiger partial charge in [-0.2, -0.15) is 0 Å². The lowest BCUT2D eigenvalue weighted by atomic mass is 10.4. The first kappa shape index (κ1) is 5.68. The van der Waals surface area contributed by atoms with Gasteiger partial charge in [0.1, 0.15) is 6.20 Å². The first-order valence-corrected chi connectivity index (χ1v) is 2.44. The Morgan fingerprint density at radius 2 is 2.00 bits per heavy atom.